The molecule has 44 heavy (non-hydrogen) atoms. The molecule has 0 unspecified atom stereocenters. The van der Waals surface area contributed by atoms with Crippen molar-refractivity contribution >= 4 is 23.8 Å². The zero-order valence-corrected chi connectivity index (χ0v) is 28.0. The lowest BCUT2D eigenvalue weighted by molar-refractivity contribution is -0.142. The fourth-order valence-electron chi connectivity index (χ4n) is 6.34. The van der Waals surface area contributed by atoms with Crippen LogP contribution in [0.1, 0.15) is 79.9 Å². The first-order chi connectivity index (χ1) is 20.6. The molecule has 1 aromatic rings. The van der Waals surface area contributed by atoms with E-state index in [-0.39, 0.29) is 41.1 Å². The van der Waals surface area contributed by atoms with Crippen LogP contribution in [0.5, 0.6) is 0 Å². The molecule has 0 aliphatic carbocycles. The van der Waals surface area contributed by atoms with Gasteiger partial charge in [0.25, 0.3) is 0 Å². The number of hydrogen-bond acceptors (Lipinski definition) is 7. The average molecular weight is 613 g/mol. The van der Waals surface area contributed by atoms with Crippen molar-refractivity contribution in [1.82, 2.24) is 20.4 Å². The predicted molar refractivity (Wildman–Crippen MR) is 169 cm³/mol. The Bertz CT molecular complexity index is 1210. The first-order valence-corrected chi connectivity index (χ1v) is 15.7. The molecule has 1 aromatic carbocycles. The Kier molecular flexibility index (Phi) is 11.8. The smallest absolute Gasteiger partial charge is 0.417 e. The normalized spacial score (nSPS) is 23.8. The van der Waals surface area contributed by atoms with Crippen LogP contribution in [0.2, 0.25) is 0 Å². The Balaban J connectivity index is 1.79. The van der Waals surface area contributed by atoms with Gasteiger partial charge in [-0.15, -0.1) is 0 Å². The fraction of sp³-hybridized carbons (Fsp3) is 0.647. The third-order valence-electron chi connectivity index (χ3n) is 8.95. The molecular formula is C34H52N4O6. The zero-order valence-electron chi connectivity index (χ0n) is 28.0. The second-order valence-corrected chi connectivity index (χ2v) is 13.6. The van der Waals surface area contributed by atoms with Crippen molar-refractivity contribution in [1.29, 1.82) is 0 Å². The van der Waals surface area contributed by atoms with Gasteiger partial charge in [0.1, 0.15) is 6.10 Å². The molecule has 2 aliphatic heterocycles. The van der Waals surface area contributed by atoms with E-state index in [2.05, 4.69) is 24.5 Å². The summed E-state index contributed by atoms with van der Waals surface area (Å²) in [7, 11) is 3.17. The van der Waals surface area contributed by atoms with Gasteiger partial charge in [0, 0.05) is 32.3 Å². The van der Waals surface area contributed by atoms with E-state index in [1.807, 2.05) is 64.1 Å². The largest absolute Gasteiger partial charge is 0.439 e. The van der Waals surface area contributed by atoms with E-state index in [0.29, 0.717) is 18.5 Å². The zero-order chi connectivity index (χ0) is 32.9. The second-order valence-electron chi connectivity index (χ2n) is 13.6. The minimum atomic E-state index is -0.697. The highest BCUT2D eigenvalue weighted by Crippen LogP contribution is 2.35. The number of ether oxygens (including phenoxy) is 2. The van der Waals surface area contributed by atoms with Gasteiger partial charge in [-0.1, -0.05) is 78.0 Å². The van der Waals surface area contributed by atoms with Crippen LogP contribution in [0.15, 0.2) is 42.0 Å². The van der Waals surface area contributed by atoms with Gasteiger partial charge in [0.05, 0.1) is 30.1 Å². The second kappa shape index (κ2) is 14.7. The molecular weight excluding hydrogens is 560 g/mol. The number of methoxy groups -OCH3 is 1. The highest BCUT2D eigenvalue weighted by atomic mass is 16.6. The Hall–Kier alpha value is -3.24. The number of hydrogen-bond donors (Lipinski definition) is 2. The van der Waals surface area contributed by atoms with Crippen LogP contribution in [-0.4, -0.2) is 84.6 Å². The van der Waals surface area contributed by atoms with E-state index >= 15 is 0 Å². The van der Waals surface area contributed by atoms with Crippen molar-refractivity contribution < 1.29 is 28.7 Å². The molecule has 2 heterocycles. The number of nitrogens with zero attached hydrogens (tertiary/aromatic N) is 2. The molecule has 0 radical (unpaired) electrons. The molecule has 2 fully saturated rings. The Labute approximate surface area is 262 Å². The van der Waals surface area contributed by atoms with Gasteiger partial charge in [-0.3, -0.25) is 19.7 Å². The van der Waals surface area contributed by atoms with Gasteiger partial charge in [-0.2, -0.15) is 0 Å². The maximum Gasteiger partial charge on any atom is 0.417 e. The van der Waals surface area contributed by atoms with Crippen molar-refractivity contribution in [2.75, 3.05) is 20.7 Å². The van der Waals surface area contributed by atoms with Crippen LogP contribution in [0.4, 0.5) is 4.79 Å². The molecule has 4 amide bonds. The molecule has 10 heteroatoms. The fourth-order valence-corrected chi connectivity index (χ4v) is 6.34. The summed E-state index contributed by atoms with van der Waals surface area (Å²) >= 11 is 0. The SMILES string of the molecule is CNC(=O)[C@@H](N[C@H](/C=C(\C)C(=O)N1CCC[C@H]1[C@H](OC)[C@@H](C)C(=O)N1C(=O)O[C@@H](c2ccccc2)[C@H]1C)C(C)C)C(C)(C)C. The summed E-state index contributed by atoms with van der Waals surface area (Å²) in [5.41, 5.74) is 1.05. The lowest BCUT2D eigenvalue weighted by Crippen LogP contribution is -2.55. The number of imide groups is 1. The average Bonchev–Trinajstić information content (AvgIpc) is 3.57. The summed E-state index contributed by atoms with van der Waals surface area (Å²) in [6.07, 6.45) is 1.52. The first kappa shape index (κ1) is 35.2. The minimum absolute atomic E-state index is 0.104. The van der Waals surface area contributed by atoms with E-state index in [0.717, 1.165) is 12.0 Å². The summed E-state index contributed by atoms with van der Waals surface area (Å²) in [6, 6.07) is 7.88. The number of cyclic esters (lactones) is 1. The van der Waals surface area contributed by atoms with Crippen molar-refractivity contribution in [3.63, 3.8) is 0 Å². The summed E-state index contributed by atoms with van der Waals surface area (Å²) in [4.78, 5) is 56.3. The number of carbonyl (C=O) groups is 4. The molecule has 7 atom stereocenters. The van der Waals surface area contributed by atoms with Gasteiger partial charge in [-0.05, 0) is 43.6 Å². The van der Waals surface area contributed by atoms with Crippen molar-refractivity contribution in [3.05, 3.63) is 47.5 Å². The highest BCUT2D eigenvalue weighted by Gasteiger charge is 2.48. The van der Waals surface area contributed by atoms with Gasteiger partial charge < -0.3 is 19.7 Å². The maximum atomic E-state index is 13.9. The number of benzene rings is 1. The number of carbonyl (C=O) groups excluding carboxylic acids is 4. The minimum Gasteiger partial charge on any atom is -0.439 e. The van der Waals surface area contributed by atoms with Crippen LogP contribution in [0, 0.1) is 17.3 Å². The highest BCUT2D eigenvalue weighted by molar-refractivity contribution is 5.96. The van der Waals surface area contributed by atoms with Crippen LogP contribution in [0.3, 0.4) is 0 Å². The lowest BCUT2D eigenvalue weighted by atomic mass is 9.84. The number of amides is 4. The third-order valence-corrected chi connectivity index (χ3v) is 8.95. The summed E-state index contributed by atoms with van der Waals surface area (Å²) in [5, 5.41) is 6.22. The molecule has 0 spiro atoms. The molecule has 10 nitrogen and oxygen atoms in total. The number of likely N-dealkylation sites (tertiary alicyclic amines) is 1. The molecule has 2 N–H and O–H groups in total. The van der Waals surface area contributed by atoms with E-state index in [9.17, 15) is 19.2 Å². The monoisotopic (exact) mass is 612 g/mol. The topological polar surface area (TPSA) is 117 Å². The van der Waals surface area contributed by atoms with Gasteiger partial charge >= 0.3 is 6.09 Å². The van der Waals surface area contributed by atoms with Crippen molar-refractivity contribution in [2.24, 2.45) is 17.3 Å². The van der Waals surface area contributed by atoms with E-state index in [1.165, 1.54) is 4.90 Å². The number of nitrogens with one attached hydrogen (secondary N) is 2. The molecule has 244 valence electrons. The van der Waals surface area contributed by atoms with E-state index in [1.54, 1.807) is 32.9 Å². The van der Waals surface area contributed by atoms with Crippen LogP contribution in [0.25, 0.3) is 0 Å². The number of likely N-dealkylation sites (N-methyl/N-ethyl adjacent to an activating group) is 1. The summed E-state index contributed by atoms with van der Waals surface area (Å²) < 4.78 is 11.5. The molecule has 0 saturated carbocycles. The van der Waals surface area contributed by atoms with E-state index < -0.39 is 36.3 Å². The Morgan fingerprint density at radius 2 is 1.75 bits per heavy atom. The van der Waals surface area contributed by atoms with Gasteiger partial charge in [-0.25, -0.2) is 9.69 Å². The quantitative estimate of drug-likeness (QED) is 0.355. The predicted octanol–water partition coefficient (Wildman–Crippen LogP) is 4.46. The van der Waals surface area contributed by atoms with E-state index in [4.69, 9.17) is 9.47 Å². The summed E-state index contributed by atoms with van der Waals surface area (Å²) in [5.74, 6) is -1.20. The third kappa shape index (κ3) is 7.69. The molecule has 0 bridgehead atoms. The van der Waals surface area contributed by atoms with Crippen LogP contribution < -0.4 is 10.6 Å². The standard InChI is InChI=1S/C34H52N4O6/c1-20(2)25(36-29(30(39)35-9)34(6,7)8)19-21(3)31(40)37-18-14-17-26(37)27(43-10)22(4)32(41)38-23(5)28(44-33(38)42)24-15-12-11-13-16-24/h11-13,15-16,19-20,22-23,25-29,36H,14,17-18H2,1-10H3,(H,35,39)/b21-19+/t22-,23-,25-,26+,27-,28-,29-/m1/s1. The molecule has 3 rings (SSSR count). The molecule has 2 saturated heterocycles. The van der Waals surface area contributed by atoms with Crippen molar-refractivity contribution in [3.8, 4) is 0 Å². The van der Waals surface area contributed by atoms with Gasteiger partial charge in [0.2, 0.25) is 17.7 Å². The van der Waals surface area contributed by atoms with Crippen molar-refractivity contribution in [2.45, 2.75) is 105 Å². The maximum absolute atomic E-state index is 13.9. The van der Waals surface area contributed by atoms with Crippen LogP contribution in [-0.2, 0) is 23.9 Å². The summed E-state index contributed by atoms with van der Waals surface area (Å²) in [6.45, 7) is 16.0. The Morgan fingerprint density at radius 1 is 1.11 bits per heavy atom. The van der Waals surface area contributed by atoms with Gasteiger partial charge in [0.15, 0.2) is 0 Å². The molecule has 0 aromatic heterocycles. The van der Waals surface area contributed by atoms with Crippen LogP contribution >= 0.6 is 0 Å². The Morgan fingerprint density at radius 3 is 2.30 bits per heavy atom. The first-order valence-electron chi connectivity index (χ1n) is 15.7. The lowest BCUT2D eigenvalue weighted by Gasteiger charge is -2.36. The number of rotatable bonds is 11. The molecule has 2 aliphatic rings.